The van der Waals surface area contributed by atoms with E-state index in [0.29, 0.717) is 13.0 Å². The smallest absolute Gasteiger partial charge is 0.319 e. The summed E-state index contributed by atoms with van der Waals surface area (Å²) in [6.45, 7) is 0.901. The Morgan fingerprint density at radius 1 is 1.25 bits per heavy atom. The fourth-order valence-electron chi connectivity index (χ4n) is 3.08. The number of carbonyl (C=O) groups excluding carboxylic acids is 2. The van der Waals surface area contributed by atoms with E-state index in [0.717, 1.165) is 30.2 Å². The van der Waals surface area contributed by atoms with Crippen molar-refractivity contribution >= 4 is 23.3 Å². The lowest BCUT2D eigenvalue weighted by Crippen LogP contribution is -2.40. The molecule has 3 rings (SSSR count). The second kappa shape index (κ2) is 8.47. The molecule has 28 heavy (non-hydrogen) atoms. The molecule has 0 aliphatic carbocycles. The maximum absolute atomic E-state index is 13.9. The molecule has 0 radical (unpaired) electrons. The Morgan fingerprint density at radius 3 is 2.64 bits per heavy atom. The van der Waals surface area contributed by atoms with Crippen molar-refractivity contribution in [3.8, 4) is 0 Å². The second-order valence-corrected chi connectivity index (χ2v) is 6.43. The van der Waals surface area contributed by atoms with Gasteiger partial charge in [0.15, 0.2) is 0 Å². The molecule has 0 unspecified atom stereocenters. The molecular formula is C19H19FN4O4. The summed E-state index contributed by atoms with van der Waals surface area (Å²) >= 11 is 0. The summed E-state index contributed by atoms with van der Waals surface area (Å²) in [7, 11) is 0. The quantitative estimate of drug-likeness (QED) is 0.587. The third-order valence-electron chi connectivity index (χ3n) is 4.49. The highest BCUT2D eigenvalue weighted by molar-refractivity contribution is 5.90. The molecule has 2 aromatic rings. The van der Waals surface area contributed by atoms with Crippen LogP contribution < -0.4 is 10.6 Å². The van der Waals surface area contributed by atoms with Gasteiger partial charge in [0.05, 0.1) is 16.7 Å². The van der Waals surface area contributed by atoms with Crippen LogP contribution in [-0.2, 0) is 4.79 Å². The van der Waals surface area contributed by atoms with Crippen molar-refractivity contribution in [1.29, 1.82) is 0 Å². The number of nitro benzene ring substituents is 1. The average Bonchev–Trinajstić information content (AvgIpc) is 3.08. The highest BCUT2D eigenvalue weighted by Crippen LogP contribution is 2.22. The van der Waals surface area contributed by atoms with Gasteiger partial charge in [-0.15, -0.1) is 0 Å². The van der Waals surface area contributed by atoms with Crippen LogP contribution in [0.2, 0.25) is 0 Å². The summed E-state index contributed by atoms with van der Waals surface area (Å²) in [5, 5.41) is 15.9. The third-order valence-corrected chi connectivity index (χ3v) is 4.49. The van der Waals surface area contributed by atoms with Crippen LogP contribution in [0, 0.1) is 15.9 Å². The molecule has 1 atom stereocenters. The lowest BCUT2D eigenvalue weighted by atomic mass is 10.1. The Kier molecular flexibility index (Phi) is 5.83. The number of carbonyl (C=O) groups is 2. The predicted octanol–water partition coefficient (Wildman–Crippen LogP) is 3.22. The number of non-ortho nitro benzene ring substituents is 1. The minimum atomic E-state index is -0.785. The Balaban J connectivity index is 1.75. The number of nitrogens with one attached hydrogen (secondary N) is 2. The van der Waals surface area contributed by atoms with E-state index in [-0.39, 0.29) is 23.8 Å². The van der Waals surface area contributed by atoms with Crippen LogP contribution in [0.4, 0.5) is 20.6 Å². The molecule has 1 fully saturated rings. The maximum Gasteiger partial charge on any atom is 0.319 e. The molecule has 0 aromatic heterocycles. The van der Waals surface area contributed by atoms with Gasteiger partial charge in [-0.05, 0) is 18.1 Å². The first kappa shape index (κ1) is 19.3. The predicted molar refractivity (Wildman–Crippen MR) is 100 cm³/mol. The van der Waals surface area contributed by atoms with Gasteiger partial charge in [-0.25, -0.2) is 9.18 Å². The van der Waals surface area contributed by atoms with Crippen molar-refractivity contribution < 1.29 is 18.9 Å². The summed E-state index contributed by atoms with van der Waals surface area (Å²) in [6, 6.07) is 10.8. The number of likely N-dealkylation sites (tertiary alicyclic amines) is 1. The highest BCUT2D eigenvalue weighted by atomic mass is 19.1. The van der Waals surface area contributed by atoms with Gasteiger partial charge in [-0.1, -0.05) is 30.3 Å². The third kappa shape index (κ3) is 4.61. The summed E-state index contributed by atoms with van der Waals surface area (Å²) in [4.78, 5) is 36.2. The van der Waals surface area contributed by atoms with Crippen molar-refractivity contribution in [2.75, 3.05) is 18.4 Å². The fraction of sp³-hybridized carbons (Fsp3) is 0.263. The van der Waals surface area contributed by atoms with Gasteiger partial charge in [-0.2, -0.15) is 0 Å². The first-order valence-corrected chi connectivity index (χ1v) is 8.78. The molecule has 1 aliphatic heterocycles. The molecular weight excluding hydrogens is 367 g/mol. The van der Waals surface area contributed by atoms with E-state index >= 15 is 0 Å². The monoisotopic (exact) mass is 386 g/mol. The number of hydrogen-bond acceptors (Lipinski definition) is 4. The zero-order valence-corrected chi connectivity index (χ0v) is 14.9. The van der Waals surface area contributed by atoms with Gasteiger partial charge < -0.3 is 15.5 Å². The molecule has 146 valence electrons. The van der Waals surface area contributed by atoms with Gasteiger partial charge >= 0.3 is 6.03 Å². The number of amides is 3. The van der Waals surface area contributed by atoms with Crippen molar-refractivity contribution in [3.05, 3.63) is 70.0 Å². The molecule has 3 amide bonds. The number of urea groups is 1. The first-order chi connectivity index (χ1) is 13.4. The van der Waals surface area contributed by atoms with Crippen molar-refractivity contribution in [2.24, 2.45) is 0 Å². The lowest BCUT2D eigenvalue weighted by molar-refractivity contribution is -0.384. The van der Waals surface area contributed by atoms with E-state index in [2.05, 4.69) is 10.6 Å². The van der Waals surface area contributed by atoms with Crippen LogP contribution in [0.25, 0.3) is 0 Å². The Labute approximate surface area is 160 Å². The van der Waals surface area contributed by atoms with E-state index < -0.39 is 22.8 Å². The minimum Gasteiger partial charge on any atom is -0.340 e. The second-order valence-electron chi connectivity index (χ2n) is 6.43. The van der Waals surface area contributed by atoms with Crippen molar-refractivity contribution in [3.63, 3.8) is 0 Å². The van der Waals surface area contributed by atoms with E-state index in [1.54, 1.807) is 4.90 Å². The first-order valence-electron chi connectivity index (χ1n) is 8.78. The molecule has 1 aliphatic rings. The average molecular weight is 386 g/mol. The number of benzene rings is 2. The van der Waals surface area contributed by atoms with Crippen LogP contribution in [0.3, 0.4) is 0 Å². The van der Waals surface area contributed by atoms with Gasteiger partial charge in [0, 0.05) is 31.6 Å². The SMILES string of the molecule is O=C(Nc1cc([N+](=O)[O-])ccc1F)N[C@H](CN1CCCC1=O)c1ccccc1. The highest BCUT2D eigenvalue weighted by Gasteiger charge is 2.25. The van der Waals surface area contributed by atoms with E-state index in [1.807, 2.05) is 30.3 Å². The summed E-state index contributed by atoms with van der Waals surface area (Å²) in [6.07, 6.45) is 1.25. The molecule has 8 nitrogen and oxygen atoms in total. The zero-order valence-electron chi connectivity index (χ0n) is 14.9. The van der Waals surface area contributed by atoms with E-state index in [4.69, 9.17) is 0 Å². The van der Waals surface area contributed by atoms with Crippen LogP contribution >= 0.6 is 0 Å². The van der Waals surface area contributed by atoms with Crippen LogP contribution in [-0.4, -0.2) is 34.9 Å². The molecule has 9 heteroatoms. The summed E-state index contributed by atoms with van der Waals surface area (Å²) < 4.78 is 13.9. The topological polar surface area (TPSA) is 105 Å². The van der Waals surface area contributed by atoms with Gasteiger partial charge in [0.1, 0.15) is 5.82 Å². The van der Waals surface area contributed by atoms with E-state index in [1.165, 1.54) is 0 Å². The number of hydrogen-bond donors (Lipinski definition) is 2. The number of nitrogens with zero attached hydrogens (tertiary/aromatic N) is 2. The standard InChI is InChI=1S/C19H19FN4O4/c20-15-9-8-14(24(27)28)11-16(15)21-19(26)22-17(13-5-2-1-3-6-13)12-23-10-4-7-18(23)25/h1-3,5-6,8-9,11,17H,4,7,10,12H2,(H2,21,22,26)/t17-/m1/s1. The van der Waals surface area contributed by atoms with Crippen molar-refractivity contribution in [1.82, 2.24) is 10.2 Å². The molecule has 0 spiro atoms. The Morgan fingerprint density at radius 2 is 2.00 bits per heavy atom. The maximum atomic E-state index is 13.9. The Hall–Kier alpha value is -3.49. The molecule has 2 N–H and O–H groups in total. The van der Waals surface area contributed by atoms with Gasteiger partial charge in [-0.3, -0.25) is 14.9 Å². The van der Waals surface area contributed by atoms with Gasteiger partial charge in [0.25, 0.3) is 5.69 Å². The summed E-state index contributed by atoms with van der Waals surface area (Å²) in [5.74, 6) is -0.764. The van der Waals surface area contributed by atoms with Crippen LogP contribution in [0.5, 0.6) is 0 Å². The van der Waals surface area contributed by atoms with E-state index in [9.17, 15) is 24.1 Å². The number of rotatable bonds is 6. The Bertz CT molecular complexity index is 891. The molecule has 0 bridgehead atoms. The molecule has 2 aromatic carbocycles. The van der Waals surface area contributed by atoms with Gasteiger partial charge in [0.2, 0.25) is 5.91 Å². The van der Waals surface area contributed by atoms with Crippen LogP contribution in [0.15, 0.2) is 48.5 Å². The fourth-order valence-corrected chi connectivity index (χ4v) is 3.08. The molecule has 0 saturated carbocycles. The largest absolute Gasteiger partial charge is 0.340 e. The molecule has 1 heterocycles. The molecule has 1 saturated heterocycles. The number of halogens is 1. The normalized spacial score (nSPS) is 14.6. The zero-order chi connectivity index (χ0) is 20.1. The summed E-state index contributed by atoms with van der Waals surface area (Å²) in [5.41, 5.74) is 0.159. The lowest BCUT2D eigenvalue weighted by Gasteiger charge is -2.25. The van der Waals surface area contributed by atoms with Crippen molar-refractivity contribution in [2.45, 2.75) is 18.9 Å². The van der Waals surface area contributed by atoms with Crippen LogP contribution in [0.1, 0.15) is 24.4 Å². The number of anilines is 1. The number of nitro groups is 1. The minimum absolute atomic E-state index is 0.0212.